The van der Waals surface area contributed by atoms with E-state index in [0.29, 0.717) is 18.3 Å². The zero-order chi connectivity index (χ0) is 12.3. The predicted molar refractivity (Wildman–Crippen MR) is 67.3 cm³/mol. The third-order valence-electron chi connectivity index (χ3n) is 2.81. The first kappa shape index (κ1) is 12.5. The number of hydrogen-bond acceptors (Lipinski definition) is 6. The molecule has 1 aliphatic rings. The molecule has 0 saturated carbocycles. The Morgan fingerprint density at radius 3 is 2.47 bits per heavy atom. The van der Waals surface area contributed by atoms with Crippen LogP contribution in [0.5, 0.6) is 0 Å². The predicted octanol–water partition coefficient (Wildman–Crippen LogP) is -0.0859. The monoisotopic (exact) mass is 256 g/mol. The zero-order valence-electron chi connectivity index (χ0n) is 9.93. The van der Waals surface area contributed by atoms with Gasteiger partial charge in [-0.3, -0.25) is 4.90 Å². The van der Waals surface area contributed by atoms with Crippen molar-refractivity contribution in [2.24, 2.45) is 5.73 Å². The highest BCUT2D eigenvalue weighted by molar-refractivity contribution is 6.28. The van der Waals surface area contributed by atoms with Crippen molar-refractivity contribution in [2.45, 2.75) is 6.92 Å². The molecule has 1 fully saturated rings. The number of rotatable bonds is 3. The number of halogens is 1. The Morgan fingerprint density at radius 1 is 1.18 bits per heavy atom. The molecule has 0 bridgehead atoms. The van der Waals surface area contributed by atoms with Gasteiger partial charge in [0.1, 0.15) is 5.82 Å². The summed E-state index contributed by atoms with van der Waals surface area (Å²) >= 11 is 5.83. The Hall–Kier alpha value is -0.980. The molecule has 1 aliphatic heterocycles. The zero-order valence-corrected chi connectivity index (χ0v) is 10.7. The van der Waals surface area contributed by atoms with Crippen molar-refractivity contribution < 1.29 is 0 Å². The molecule has 6 nitrogen and oxygen atoms in total. The number of piperazine rings is 1. The molecule has 17 heavy (non-hydrogen) atoms. The van der Waals surface area contributed by atoms with E-state index in [1.807, 2.05) is 6.92 Å². The first-order valence-corrected chi connectivity index (χ1v) is 6.12. The highest BCUT2D eigenvalue weighted by atomic mass is 35.5. The van der Waals surface area contributed by atoms with Crippen molar-refractivity contribution in [1.29, 1.82) is 0 Å². The lowest BCUT2D eigenvalue weighted by molar-refractivity contribution is 0.263. The lowest BCUT2D eigenvalue weighted by Crippen LogP contribution is -2.48. The number of aryl methyl sites for hydroxylation is 1. The summed E-state index contributed by atoms with van der Waals surface area (Å²) in [6.45, 7) is 7.25. The molecule has 0 atom stereocenters. The molecule has 2 rings (SSSR count). The van der Waals surface area contributed by atoms with Crippen LogP contribution in [0, 0.1) is 6.92 Å². The highest BCUT2D eigenvalue weighted by Crippen LogP contribution is 2.13. The van der Waals surface area contributed by atoms with Crippen molar-refractivity contribution in [3.8, 4) is 0 Å². The lowest BCUT2D eigenvalue weighted by atomic mass is 10.3. The van der Waals surface area contributed by atoms with Gasteiger partial charge >= 0.3 is 0 Å². The quantitative estimate of drug-likeness (QED) is 0.815. The van der Waals surface area contributed by atoms with Gasteiger partial charge in [-0.2, -0.15) is 9.97 Å². The second-order valence-electron chi connectivity index (χ2n) is 4.07. The van der Waals surface area contributed by atoms with E-state index >= 15 is 0 Å². The fraction of sp³-hybridized carbons (Fsp3) is 0.700. The van der Waals surface area contributed by atoms with Gasteiger partial charge in [0, 0.05) is 39.3 Å². The maximum Gasteiger partial charge on any atom is 0.229 e. The summed E-state index contributed by atoms with van der Waals surface area (Å²) in [5, 5.41) is 0.261. The summed E-state index contributed by atoms with van der Waals surface area (Å²) in [7, 11) is 0. The minimum Gasteiger partial charge on any atom is -0.338 e. The largest absolute Gasteiger partial charge is 0.338 e. The van der Waals surface area contributed by atoms with Crippen molar-refractivity contribution in [2.75, 3.05) is 44.2 Å². The van der Waals surface area contributed by atoms with Crippen molar-refractivity contribution >= 4 is 17.5 Å². The second-order valence-corrected chi connectivity index (χ2v) is 4.41. The topological polar surface area (TPSA) is 71.2 Å². The van der Waals surface area contributed by atoms with Crippen LogP contribution in [0.4, 0.5) is 5.95 Å². The summed E-state index contributed by atoms with van der Waals surface area (Å²) in [5.41, 5.74) is 5.54. The number of nitrogens with two attached hydrogens (primary N) is 1. The Balaban J connectivity index is 2.00. The summed E-state index contributed by atoms with van der Waals surface area (Å²) in [4.78, 5) is 16.9. The summed E-state index contributed by atoms with van der Waals surface area (Å²) in [5.74, 6) is 1.33. The molecule has 94 valence electrons. The number of aromatic nitrogens is 3. The molecule has 1 aromatic rings. The molecule has 0 radical (unpaired) electrons. The summed E-state index contributed by atoms with van der Waals surface area (Å²) in [6, 6.07) is 0. The van der Waals surface area contributed by atoms with Crippen molar-refractivity contribution in [1.82, 2.24) is 19.9 Å². The number of anilines is 1. The van der Waals surface area contributed by atoms with E-state index < -0.39 is 0 Å². The first-order valence-electron chi connectivity index (χ1n) is 5.74. The van der Waals surface area contributed by atoms with E-state index in [1.165, 1.54) is 0 Å². The van der Waals surface area contributed by atoms with Gasteiger partial charge in [-0.05, 0) is 18.5 Å². The van der Waals surface area contributed by atoms with Gasteiger partial charge in [0.05, 0.1) is 0 Å². The highest BCUT2D eigenvalue weighted by Gasteiger charge is 2.19. The van der Waals surface area contributed by atoms with Gasteiger partial charge in [0.15, 0.2) is 0 Å². The summed E-state index contributed by atoms with van der Waals surface area (Å²) < 4.78 is 0. The smallest absolute Gasteiger partial charge is 0.229 e. The van der Waals surface area contributed by atoms with Crippen LogP contribution in [-0.4, -0.2) is 59.1 Å². The molecule has 0 unspecified atom stereocenters. The molecule has 1 saturated heterocycles. The van der Waals surface area contributed by atoms with Crippen LogP contribution >= 0.6 is 11.6 Å². The molecular formula is C10H17ClN6. The van der Waals surface area contributed by atoms with E-state index in [2.05, 4.69) is 24.8 Å². The van der Waals surface area contributed by atoms with Crippen LogP contribution in [0.3, 0.4) is 0 Å². The average Bonchev–Trinajstić information content (AvgIpc) is 2.29. The van der Waals surface area contributed by atoms with Gasteiger partial charge < -0.3 is 10.6 Å². The third-order valence-corrected chi connectivity index (χ3v) is 2.98. The van der Waals surface area contributed by atoms with Crippen LogP contribution < -0.4 is 10.6 Å². The van der Waals surface area contributed by atoms with E-state index in [1.54, 1.807) is 0 Å². The van der Waals surface area contributed by atoms with Crippen LogP contribution in [0.2, 0.25) is 5.28 Å². The molecule has 0 aliphatic carbocycles. The molecule has 7 heteroatoms. The number of nitrogens with zero attached hydrogens (tertiary/aromatic N) is 5. The molecule has 2 heterocycles. The minimum absolute atomic E-state index is 0.261. The van der Waals surface area contributed by atoms with Crippen LogP contribution in [0.25, 0.3) is 0 Å². The average molecular weight is 257 g/mol. The van der Waals surface area contributed by atoms with E-state index in [9.17, 15) is 0 Å². The van der Waals surface area contributed by atoms with Gasteiger partial charge in [-0.25, -0.2) is 4.98 Å². The standard InChI is InChI=1S/C10H17ClN6/c1-8-13-9(11)15-10(14-8)17-6-4-16(3-2-12)5-7-17/h2-7,12H2,1H3. The van der Waals surface area contributed by atoms with Gasteiger partial charge in [-0.15, -0.1) is 0 Å². The molecule has 0 amide bonds. The van der Waals surface area contributed by atoms with Crippen LogP contribution in [0.15, 0.2) is 0 Å². The minimum atomic E-state index is 0.261. The Labute approximate surface area is 106 Å². The summed E-state index contributed by atoms with van der Waals surface area (Å²) in [6.07, 6.45) is 0. The van der Waals surface area contributed by atoms with E-state index in [-0.39, 0.29) is 5.28 Å². The van der Waals surface area contributed by atoms with E-state index in [4.69, 9.17) is 17.3 Å². The number of hydrogen-bond donors (Lipinski definition) is 1. The van der Waals surface area contributed by atoms with Gasteiger partial charge in [0.25, 0.3) is 0 Å². The fourth-order valence-corrected chi connectivity index (χ4v) is 2.13. The molecule has 0 aromatic carbocycles. The molecule has 1 aromatic heterocycles. The van der Waals surface area contributed by atoms with Crippen LogP contribution in [-0.2, 0) is 0 Å². The Kier molecular flexibility index (Phi) is 4.09. The normalized spacial score (nSPS) is 17.5. The Bertz CT molecular complexity index is 357. The molecule has 2 N–H and O–H groups in total. The van der Waals surface area contributed by atoms with Gasteiger partial charge in [0.2, 0.25) is 11.2 Å². The maximum atomic E-state index is 5.83. The SMILES string of the molecule is Cc1nc(Cl)nc(N2CCN(CCN)CC2)n1. The Morgan fingerprint density at radius 2 is 1.88 bits per heavy atom. The lowest BCUT2D eigenvalue weighted by Gasteiger charge is -2.34. The fourth-order valence-electron chi connectivity index (χ4n) is 1.93. The van der Waals surface area contributed by atoms with Crippen molar-refractivity contribution in [3.05, 3.63) is 11.1 Å². The molecular weight excluding hydrogens is 240 g/mol. The van der Waals surface area contributed by atoms with Crippen molar-refractivity contribution in [3.63, 3.8) is 0 Å². The maximum absolute atomic E-state index is 5.83. The molecule has 0 spiro atoms. The second kappa shape index (κ2) is 5.57. The van der Waals surface area contributed by atoms with E-state index in [0.717, 1.165) is 32.7 Å². The first-order chi connectivity index (χ1) is 8.19. The van der Waals surface area contributed by atoms with Crippen LogP contribution in [0.1, 0.15) is 5.82 Å². The third kappa shape index (κ3) is 3.24. The van der Waals surface area contributed by atoms with Gasteiger partial charge in [-0.1, -0.05) is 0 Å².